The Bertz CT molecular complexity index is 394. The molecule has 0 atom stereocenters. The highest BCUT2D eigenvalue weighted by Crippen LogP contribution is 2.28. The van der Waals surface area contributed by atoms with E-state index in [9.17, 15) is 0 Å². The van der Waals surface area contributed by atoms with Crippen LogP contribution in [0, 0.1) is 18.8 Å². The third-order valence-corrected chi connectivity index (χ3v) is 4.33. The van der Waals surface area contributed by atoms with Gasteiger partial charge in [0.2, 0.25) is 5.95 Å². The van der Waals surface area contributed by atoms with Crippen molar-refractivity contribution in [3.8, 4) is 0 Å². The van der Waals surface area contributed by atoms with Crippen molar-refractivity contribution in [2.45, 2.75) is 52.5 Å². The minimum Gasteiger partial charge on any atom is -0.385 e. The summed E-state index contributed by atoms with van der Waals surface area (Å²) in [6.45, 7) is 7.26. The van der Waals surface area contributed by atoms with Crippen LogP contribution in [0.5, 0.6) is 0 Å². The Labute approximate surface area is 122 Å². The quantitative estimate of drug-likeness (QED) is 0.777. The van der Waals surface area contributed by atoms with Gasteiger partial charge in [-0.05, 0) is 38.0 Å². The molecule has 0 radical (unpaired) electrons. The van der Waals surface area contributed by atoms with Crippen molar-refractivity contribution in [2.24, 2.45) is 11.8 Å². The fraction of sp³-hybridized carbons (Fsp3) is 0.812. The van der Waals surface area contributed by atoms with Gasteiger partial charge < -0.3 is 14.6 Å². The molecule has 1 heterocycles. The highest BCUT2D eigenvalue weighted by Gasteiger charge is 2.18. The lowest BCUT2D eigenvalue weighted by molar-refractivity contribution is 0.190. The molecule has 4 heteroatoms. The predicted octanol–water partition coefficient (Wildman–Crippen LogP) is 3.47. The second kappa shape index (κ2) is 7.67. The molecule has 0 aromatic carbocycles. The molecule has 4 nitrogen and oxygen atoms in total. The van der Waals surface area contributed by atoms with Crippen molar-refractivity contribution in [1.82, 2.24) is 9.55 Å². The highest BCUT2D eigenvalue weighted by molar-refractivity contribution is 5.28. The summed E-state index contributed by atoms with van der Waals surface area (Å²) in [6, 6.07) is 0. The van der Waals surface area contributed by atoms with Gasteiger partial charge in [-0.2, -0.15) is 0 Å². The van der Waals surface area contributed by atoms with Crippen molar-refractivity contribution < 1.29 is 4.74 Å². The molecule has 1 aromatic heterocycles. The lowest BCUT2D eigenvalue weighted by Gasteiger charge is -2.26. The molecule has 1 N–H and O–H groups in total. The number of imidazole rings is 1. The number of anilines is 1. The Morgan fingerprint density at radius 1 is 1.35 bits per heavy atom. The molecule has 0 unspecified atom stereocenters. The molecule has 0 saturated heterocycles. The van der Waals surface area contributed by atoms with Gasteiger partial charge in [-0.3, -0.25) is 0 Å². The number of methoxy groups -OCH3 is 1. The molecule has 1 aromatic rings. The van der Waals surface area contributed by atoms with Crippen molar-refractivity contribution in [3.63, 3.8) is 0 Å². The van der Waals surface area contributed by atoms with Gasteiger partial charge in [-0.25, -0.2) is 4.98 Å². The van der Waals surface area contributed by atoms with Crippen LogP contribution >= 0.6 is 0 Å². The Morgan fingerprint density at radius 2 is 2.10 bits per heavy atom. The van der Waals surface area contributed by atoms with Gasteiger partial charge >= 0.3 is 0 Å². The number of aryl methyl sites for hydroxylation is 2. The van der Waals surface area contributed by atoms with Crippen molar-refractivity contribution >= 4 is 5.95 Å². The van der Waals surface area contributed by atoms with Gasteiger partial charge in [0.05, 0.1) is 5.69 Å². The average Bonchev–Trinajstić information content (AvgIpc) is 2.79. The van der Waals surface area contributed by atoms with Crippen molar-refractivity contribution in [3.05, 3.63) is 11.9 Å². The zero-order valence-electron chi connectivity index (χ0n) is 13.2. The molecule has 0 bridgehead atoms. The van der Waals surface area contributed by atoms with E-state index in [1.807, 2.05) is 0 Å². The second-order valence-corrected chi connectivity index (χ2v) is 6.25. The zero-order chi connectivity index (χ0) is 14.4. The first-order valence-electron chi connectivity index (χ1n) is 7.95. The number of nitrogens with zero attached hydrogens (tertiary/aromatic N) is 2. The van der Waals surface area contributed by atoms with Crippen LogP contribution in [0.15, 0.2) is 6.20 Å². The Kier molecular flexibility index (Phi) is 5.89. The molecule has 114 valence electrons. The summed E-state index contributed by atoms with van der Waals surface area (Å²) in [5.41, 5.74) is 1.09. The largest absolute Gasteiger partial charge is 0.385 e. The van der Waals surface area contributed by atoms with Crippen LogP contribution < -0.4 is 5.32 Å². The summed E-state index contributed by atoms with van der Waals surface area (Å²) >= 11 is 0. The minimum absolute atomic E-state index is 0.803. The standard InChI is InChI=1S/C16H29N3O/c1-13-5-7-15(8-6-13)11-17-16-18-14(2)12-19(16)9-4-10-20-3/h12-13,15H,4-11H2,1-3H3,(H,17,18). The van der Waals surface area contributed by atoms with E-state index >= 15 is 0 Å². The molecular formula is C16H29N3O. The topological polar surface area (TPSA) is 39.1 Å². The number of ether oxygens (including phenoxy) is 1. The highest BCUT2D eigenvalue weighted by atomic mass is 16.5. The normalized spacial score (nSPS) is 22.9. The summed E-state index contributed by atoms with van der Waals surface area (Å²) in [7, 11) is 1.75. The lowest BCUT2D eigenvalue weighted by Crippen LogP contribution is -2.21. The van der Waals surface area contributed by atoms with E-state index in [1.54, 1.807) is 7.11 Å². The summed E-state index contributed by atoms with van der Waals surface area (Å²) in [5.74, 6) is 2.76. The fourth-order valence-corrected chi connectivity index (χ4v) is 3.01. The summed E-state index contributed by atoms with van der Waals surface area (Å²) in [6.07, 6.45) is 8.64. The molecule has 0 spiro atoms. The number of hydrogen-bond acceptors (Lipinski definition) is 3. The SMILES string of the molecule is COCCCn1cc(C)nc1NCC1CCC(C)CC1. The van der Waals surface area contributed by atoms with Crippen LogP contribution in [0.3, 0.4) is 0 Å². The molecule has 0 aliphatic heterocycles. The van der Waals surface area contributed by atoms with E-state index in [4.69, 9.17) is 4.74 Å². The molecular weight excluding hydrogens is 250 g/mol. The van der Waals surface area contributed by atoms with Gasteiger partial charge in [-0.1, -0.05) is 19.8 Å². The van der Waals surface area contributed by atoms with E-state index in [2.05, 4.69) is 34.9 Å². The first-order valence-corrected chi connectivity index (χ1v) is 7.95. The van der Waals surface area contributed by atoms with Gasteiger partial charge in [0, 0.05) is 33.0 Å². The Balaban J connectivity index is 1.82. The van der Waals surface area contributed by atoms with Crippen LogP contribution in [0.1, 0.15) is 44.7 Å². The fourth-order valence-electron chi connectivity index (χ4n) is 3.01. The average molecular weight is 279 g/mol. The number of aromatic nitrogens is 2. The Hall–Kier alpha value is -1.03. The maximum absolute atomic E-state index is 5.12. The first kappa shape index (κ1) is 15.4. The third-order valence-electron chi connectivity index (χ3n) is 4.33. The Morgan fingerprint density at radius 3 is 2.80 bits per heavy atom. The lowest BCUT2D eigenvalue weighted by atomic mass is 9.83. The predicted molar refractivity (Wildman–Crippen MR) is 83.1 cm³/mol. The third kappa shape index (κ3) is 4.51. The summed E-state index contributed by atoms with van der Waals surface area (Å²) in [4.78, 5) is 4.60. The second-order valence-electron chi connectivity index (χ2n) is 6.25. The monoisotopic (exact) mass is 279 g/mol. The molecule has 0 amide bonds. The van der Waals surface area contributed by atoms with Crippen LogP contribution in [-0.4, -0.2) is 29.8 Å². The number of rotatable bonds is 7. The maximum atomic E-state index is 5.12. The summed E-state index contributed by atoms with van der Waals surface area (Å²) in [5, 5.41) is 3.56. The van der Waals surface area contributed by atoms with Crippen LogP contribution in [0.25, 0.3) is 0 Å². The number of hydrogen-bond donors (Lipinski definition) is 1. The molecule has 1 saturated carbocycles. The van der Waals surface area contributed by atoms with Gasteiger partial charge in [0.15, 0.2) is 0 Å². The summed E-state index contributed by atoms with van der Waals surface area (Å²) < 4.78 is 7.34. The van der Waals surface area contributed by atoms with Crippen LogP contribution in [0.2, 0.25) is 0 Å². The van der Waals surface area contributed by atoms with E-state index in [-0.39, 0.29) is 0 Å². The van der Waals surface area contributed by atoms with E-state index in [1.165, 1.54) is 25.7 Å². The van der Waals surface area contributed by atoms with E-state index < -0.39 is 0 Å². The molecule has 1 aliphatic carbocycles. The molecule has 1 fully saturated rings. The van der Waals surface area contributed by atoms with Gasteiger partial charge in [-0.15, -0.1) is 0 Å². The van der Waals surface area contributed by atoms with Crippen LogP contribution in [-0.2, 0) is 11.3 Å². The number of nitrogens with one attached hydrogen (secondary N) is 1. The molecule has 2 rings (SSSR count). The van der Waals surface area contributed by atoms with Gasteiger partial charge in [0.25, 0.3) is 0 Å². The smallest absolute Gasteiger partial charge is 0.203 e. The molecule has 20 heavy (non-hydrogen) atoms. The first-order chi connectivity index (χ1) is 9.69. The van der Waals surface area contributed by atoms with Crippen LogP contribution in [0.4, 0.5) is 5.95 Å². The van der Waals surface area contributed by atoms with Crippen molar-refractivity contribution in [2.75, 3.05) is 25.6 Å². The van der Waals surface area contributed by atoms with E-state index in [0.717, 1.165) is 49.6 Å². The van der Waals surface area contributed by atoms with Crippen molar-refractivity contribution in [1.29, 1.82) is 0 Å². The zero-order valence-corrected chi connectivity index (χ0v) is 13.2. The maximum Gasteiger partial charge on any atom is 0.203 e. The molecule has 1 aliphatic rings. The minimum atomic E-state index is 0.803. The van der Waals surface area contributed by atoms with Gasteiger partial charge in [0.1, 0.15) is 0 Å². The van der Waals surface area contributed by atoms with E-state index in [0.29, 0.717) is 0 Å².